The van der Waals surface area contributed by atoms with Crippen molar-refractivity contribution in [3.8, 4) is 0 Å². The summed E-state index contributed by atoms with van der Waals surface area (Å²) in [5.41, 5.74) is 4.69. The zero-order valence-corrected chi connectivity index (χ0v) is 10.3. The number of pyridine rings is 2. The third kappa shape index (κ3) is 2.81. The minimum Gasteiger partial charge on any atom is -0.379 e. The van der Waals surface area contributed by atoms with E-state index < -0.39 is 0 Å². The van der Waals surface area contributed by atoms with Crippen LogP contribution in [0.3, 0.4) is 0 Å². The molecule has 0 saturated heterocycles. The number of hydrogen-bond donors (Lipinski definition) is 1. The second-order valence-electron chi connectivity index (χ2n) is 4.01. The minimum absolute atomic E-state index is 0.759. The molecule has 0 aromatic carbocycles. The van der Waals surface area contributed by atoms with Crippen LogP contribution in [0.2, 0.25) is 0 Å². The maximum Gasteiger partial charge on any atom is 0.0626 e. The number of aromatic nitrogens is 2. The Morgan fingerprint density at radius 3 is 2.88 bits per heavy atom. The van der Waals surface area contributed by atoms with Crippen LogP contribution in [-0.4, -0.2) is 9.97 Å². The van der Waals surface area contributed by atoms with Crippen molar-refractivity contribution in [3.05, 3.63) is 53.6 Å². The standard InChI is InChI=1S/C14H17N3/c1-3-12-5-4-7-16-14(12)10-17-13-6-8-15-9-11(13)2/h4-9H,3,10H2,1-2H3,(H,15,17). The van der Waals surface area contributed by atoms with Gasteiger partial charge in [-0.25, -0.2) is 0 Å². The van der Waals surface area contributed by atoms with Gasteiger partial charge in [-0.05, 0) is 36.6 Å². The van der Waals surface area contributed by atoms with Gasteiger partial charge in [0.25, 0.3) is 0 Å². The van der Waals surface area contributed by atoms with Crippen LogP contribution in [0.25, 0.3) is 0 Å². The molecule has 3 nitrogen and oxygen atoms in total. The smallest absolute Gasteiger partial charge is 0.0626 e. The van der Waals surface area contributed by atoms with Crippen molar-refractivity contribution >= 4 is 5.69 Å². The number of nitrogens with zero attached hydrogens (tertiary/aromatic N) is 2. The molecule has 0 bridgehead atoms. The molecular formula is C14H17N3. The summed E-state index contributed by atoms with van der Waals surface area (Å²) in [7, 11) is 0. The monoisotopic (exact) mass is 227 g/mol. The molecule has 2 heterocycles. The van der Waals surface area contributed by atoms with E-state index in [0.717, 1.165) is 29.9 Å². The van der Waals surface area contributed by atoms with Gasteiger partial charge in [-0.1, -0.05) is 13.0 Å². The highest BCUT2D eigenvalue weighted by Gasteiger charge is 2.02. The van der Waals surface area contributed by atoms with Crippen LogP contribution in [0, 0.1) is 6.92 Å². The summed E-state index contributed by atoms with van der Waals surface area (Å²) < 4.78 is 0. The minimum atomic E-state index is 0.759. The number of anilines is 1. The second-order valence-corrected chi connectivity index (χ2v) is 4.01. The van der Waals surface area contributed by atoms with E-state index in [1.54, 1.807) is 6.20 Å². The molecule has 3 heteroatoms. The molecule has 0 atom stereocenters. The molecule has 0 aliphatic heterocycles. The van der Waals surface area contributed by atoms with Crippen molar-refractivity contribution in [1.29, 1.82) is 0 Å². The predicted molar refractivity (Wildman–Crippen MR) is 69.9 cm³/mol. The Morgan fingerprint density at radius 1 is 1.24 bits per heavy atom. The summed E-state index contributed by atoms with van der Waals surface area (Å²) in [6.07, 6.45) is 6.52. The van der Waals surface area contributed by atoms with Crippen molar-refractivity contribution in [3.63, 3.8) is 0 Å². The summed E-state index contributed by atoms with van der Waals surface area (Å²) in [6, 6.07) is 6.10. The van der Waals surface area contributed by atoms with Gasteiger partial charge in [-0.15, -0.1) is 0 Å². The third-order valence-corrected chi connectivity index (χ3v) is 2.83. The van der Waals surface area contributed by atoms with Gasteiger partial charge >= 0.3 is 0 Å². The average molecular weight is 227 g/mol. The average Bonchev–Trinajstić information content (AvgIpc) is 2.38. The Hall–Kier alpha value is -1.90. The van der Waals surface area contributed by atoms with Crippen LogP contribution in [-0.2, 0) is 13.0 Å². The van der Waals surface area contributed by atoms with Gasteiger partial charge in [0.2, 0.25) is 0 Å². The van der Waals surface area contributed by atoms with Gasteiger partial charge in [0.1, 0.15) is 0 Å². The van der Waals surface area contributed by atoms with Crippen LogP contribution in [0.4, 0.5) is 5.69 Å². The Balaban J connectivity index is 2.10. The van der Waals surface area contributed by atoms with Crippen molar-refractivity contribution < 1.29 is 0 Å². The van der Waals surface area contributed by atoms with Gasteiger partial charge < -0.3 is 5.32 Å². The number of rotatable bonds is 4. The predicted octanol–water partition coefficient (Wildman–Crippen LogP) is 2.96. The topological polar surface area (TPSA) is 37.8 Å². The molecule has 0 spiro atoms. The van der Waals surface area contributed by atoms with Gasteiger partial charge in [-0.2, -0.15) is 0 Å². The molecule has 0 fully saturated rings. The lowest BCUT2D eigenvalue weighted by Crippen LogP contribution is -2.05. The largest absolute Gasteiger partial charge is 0.379 e. The summed E-state index contributed by atoms with van der Waals surface area (Å²) in [4.78, 5) is 8.49. The first-order valence-corrected chi connectivity index (χ1v) is 5.88. The zero-order chi connectivity index (χ0) is 12.1. The van der Waals surface area contributed by atoms with Crippen molar-refractivity contribution in [2.45, 2.75) is 26.8 Å². The first-order chi connectivity index (χ1) is 8.31. The highest BCUT2D eigenvalue weighted by atomic mass is 14.9. The van der Waals surface area contributed by atoms with E-state index in [0.29, 0.717) is 0 Å². The van der Waals surface area contributed by atoms with Gasteiger partial charge in [0.15, 0.2) is 0 Å². The second kappa shape index (κ2) is 5.43. The lowest BCUT2D eigenvalue weighted by Gasteiger charge is -2.10. The van der Waals surface area contributed by atoms with Gasteiger partial charge in [-0.3, -0.25) is 9.97 Å². The third-order valence-electron chi connectivity index (χ3n) is 2.83. The lowest BCUT2D eigenvalue weighted by atomic mass is 10.1. The first-order valence-electron chi connectivity index (χ1n) is 5.88. The molecule has 88 valence electrons. The molecule has 2 aromatic rings. The zero-order valence-electron chi connectivity index (χ0n) is 10.3. The summed E-state index contributed by atoms with van der Waals surface area (Å²) >= 11 is 0. The molecule has 0 amide bonds. The summed E-state index contributed by atoms with van der Waals surface area (Å²) in [6.45, 7) is 4.96. The summed E-state index contributed by atoms with van der Waals surface area (Å²) in [5, 5.41) is 3.40. The fourth-order valence-corrected chi connectivity index (χ4v) is 1.80. The SMILES string of the molecule is CCc1cccnc1CNc1ccncc1C. The molecule has 2 rings (SSSR count). The maximum atomic E-state index is 4.42. The first kappa shape index (κ1) is 11.6. The van der Waals surface area contributed by atoms with E-state index >= 15 is 0 Å². The van der Waals surface area contributed by atoms with E-state index in [2.05, 4.69) is 35.2 Å². The lowest BCUT2D eigenvalue weighted by molar-refractivity contribution is 0.969. The number of aryl methyl sites for hydroxylation is 2. The van der Waals surface area contributed by atoms with Crippen LogP contribution < -0.4 is 5.32 Å². The molecule has 1 N–H and O–H groups in total. The fourth-order valence-electron chi connectivity index (χ4n) is 1.80. The van der Waals surface area contributed by atoms with Crippen LogP contribution >= 0.6 is 0 Å². The molecule has 0 radical (unpaired) electrons. The van der Waals surface area contributed by atoms with Crippen LogP contribution in [0.1, 0.15) is 23.7 Å². The fraction of sp³-hybridized carbons (Fsp3) is 0.286. The molecular weight excluding hydrogens is 210 g/mol. The van der Waals surface area contributed by atoms with E-state index in [4.69, 9.17) is 0 Å². The molecule has 0 unspecified atom stereocenters. The molecule has 17 heavy (non-hydrogen) atoms. The van der Waals surface area contributed by atoms with E-state index in [-0.39, 0.29) is 0 Å². The molecule has 0 saturated carbocycles. The normalized spacial score (nSPS) is 10.2. The molecule has 0 aliphatic rings. The Labute approximate surface area is 102 Å². The number of hydrogen-bond acceptors (Lipinski definition) is 3. The number of nitrogens with one attached hydrogen (secondary N) is 1. The van der Waals surface area contributed by atoms with Crippen molar-refractivity contribution in [2.75, 3.05) is 5.32 Å². The van der Waals surface area contributed by atoms with E-state index in [1.165, 1.54) is 5.56 Å². The summed E-state index contributed by atoms with van der Waals surface area (Å²) in [5.74, 6) is 0. The van der Waals surface area contributed by atoms with E-state index in [1.807, 2.05) is 24.5 Å². The van der Waals surface area contributed by atoms with Crippen molar-refractivity contribution in [1.82, 2.24) is 9.97 Å². The maximum absolute atomic E-state index is 4.42. The highest BCUT2D eigenvalue weighted by molar-refractivity contribution is 5.48. The van der Waals surface area contributed by atoms with Crippen molar-refractivity contribution in [2.24, 2.45) is 0 Å². The quantitative estimate of drug-likeness (QED) is 0.872. The van der Waals surface area contributed by atoms with Crippen LogP contribution in [0.15, 0.2) is 36.8 Å². The molecule has 0 aliphatic carbocycles. The Kier molecular flexibility index (Phi) is 3.70. The molecule has 2 aromatic heterocycles. The van der Waals surface area contributed by atoms with Gasteiger partial charge in [0, 0.05) is 24.3 Å². The Bertz CT molecular complexity index is 494. The highest BCUT2D eigenvalue weighted by Crippen LogP contribution is 2.14. The van der Waals surface area contributed by atoms with E-state index in [9.17, 15) is 0 Å². The van der Waals surface area contributed by atoms with Crippen LogP contribution in [0.5, 0.6) is 0 Å². The van der Waals surface area contributed by atoms with Gasteiger partial charge in [0.05, 0.1) is 12.2 Å². The Morgan fingerprint density at radius 2 is 2.12 bits per heavy atom.